The van der Waals surface area contributed by atoms with E-state index in [1.165, 1.54) is 25.7 Å². The van der Waals surface area contributed by atoms with Crippen molar-refractivity contribution >= 4 is 17.3 Å². The molecule has 0 amide bonds. The van der Waals surface area contributed by atoms with Crippen LogP contribution in [0.1, 0.15) is 39.5 Å². The van der Waals surface area contributed by atoms with Crippen LogP contribution in [-0.2, 0) is 4.74 Å². The number of nitrogens with one attached hydrogen (secondary N) is 1. The molecule has 3 nitrogen and oxygen atoms in total. The van der Waals surface area contributed by atoms with Crippen LogP contribution in [0.5, 0.6) is 0 Å². The number of rotatable bonds is 2. The molecule has 1 saturated carbocycles. The van der Waals surface area contributed by atoms with E-state index in [0.29, 0.717) is 18.1 Å². The fourth-order valence-corrected chi connectivity index (χ4v) is 3.05. The Bertz CT molecular complexity index is 268. The summed E-state index contributed by atoms with van der Waals surface area (Å²) in [6.45, 7) is 7.15. The van der Waals surface area contributed by atoms with E-state index < -0.39 is 0 Å². The summed E-state index contributed by atoms with van der Waals surface area (Å²) >= 11 is 5.52. The maximum absolute atomic E-state index is 5.86. The first kappa shape index (κ1) is 13.1. The van der Waals surface area contributed by atoms with Crippen LogP contribution in [0.25, 0.3) is 0 Å². The highest BCUT2D eigenvalue weighted by Gasteiger charge is 2.35. The molecular formula is C13H24N2OS. The molecule has 2 fully saturated rings. The van der Waals surface area contributed by atoms with Gasteiger partial charge in [0.25, 0.3) is 0 Å². The van der Waals surface area contributed by atoms with E-state index in [9.17, 15) is 0 Å². The summed E-state index contributed by atoms with van der Waals surface area (Å²) in [5.41, 5.74) is 0. The van der Waals surface area contributed by atoms with Crippen molar-refractivity contribution < 1.29 is 4.74 Å². The molecule has 2 unspecified atom stereocenters. The second-order valence-electron chi connectivity index (χ2n) is 5.53. The Kier molecular flexibility index (Phi) is 4.62. The molecule has 98 valence electrons. The zero-order chi connectivity index (χ0) is 12.3. The molecule has 0 aromatic carbocycles. The van der Waals surface area contributed by atoms with Gasteiger partial charge in [0.1, 0.15) is 0 Å². The zero-order valence-electron chi connectivity index (χ0n) is 10.9. The highest BCUT2D eigenvalue weighted by atomic mass is 32.1. The predicted molar refractivity (Wildman–Crippen MR) is 74.1 cm³/mol. The van der Waals surface area contributed by atoms with Crippen LogP contribution in [0.4, 0.5) is 0 Å². The Morgan fingerprint density at radius 1 is 1.41 bits per heavy atom. The van der Waals surface area contributed by atoms with Crippen LogP contribution >= 0.6 is 12.2 Å². The number of morpholine rings is 1. The maximum atomic E-state index is 5.86. The van der Waals surface area contributed by atoms with Crippen molar-refractivity contribution in [2.75, 3.05) is 19.7 Å². The number of ether oxygens (including phenoxy) is 1. The lowest BCUT2D eigenvalue weighted by Gasteiger charge is -2.45. The Morgan fingerprint density at radius 2 is 2.18 bits per heavy atom. The first-order valence-electron chi connectivity index (χ1n) is 6.84. The maximum Gasteiger partial charge on any atom is 0.169 e. The summed E-state index contributed by atoms with van der Waals surface area (Å²) in [6, 6.07) is 0.518. The van der Waals surface area contributed by atoms with Gasteiger partial charge in [-0.15, -0.1) is 0 Å². The van der Waals surface area contributed by atoms with E-state index in [-0.39, 0.29) is 0 Å². The molecule has 0 bridgehead atoms. The molecule has 0 spiro atoms. The summed E-state index contributed by atoms with van der Waals surface area (Å²) in [7, 11) is 0. The number of hydrogen-bond acceptors (Lipinski definition) is 2. The molecular weight excluding hydrogens is 232 g/mol. The van der Waals surface area contributed by atoms with Gasteiger partial charge in [-0.05, 0) is 31.0 Å². The van der Waals surface area contributed by atoms with Gasteiger partial charge in [0.2, 0.25) is 0 Å². The summed E-state index contributed by atoms with van der Waals surface area (Å²) in [5.74, 6) is 0.635. The largest absolute Gasteiger partial charge is 0.374 e. The van der Waals surface area contributed by atoms with Crippen LogP contribution in [0, 0.1) is 5.92 Å². The lowest BCUT2D eigenvalue weighted by Crippen LogP contribution is -2.57. The Hall–Kier alpha value is -0.350. The molecule has 0 radical (unpaired) electrons. The monoisotopic (exact) mass is 256 g/mol. The second-order valence-corrected chi connectivity index (χ2v) is 5.92. The topological polar surface area (TPSA) is 24.5 Å². The minimum Gasteiger partial charge on any atom is -0.374 e. The van der Waals surface area contributed by atoms with Gasteiger partial charge in [0, 0.05) is 13.1 Å². The smallest absolute Gasteiger partial charge is 0.169 e. The van der Waals surface area contributed by atoms with E-state index in [0.717, 1.165) is 24.8 Å². The summed E-state index contributed by atoms with van der Waals surface area (Å²) < 4.78 is 5.86. The van der Waals surface area contributed by atoms with Crippen LogP contribution in [0.2, 0.25) is 0 Å². The van der Waals surface area contributed by atoms with Crippen molar-refractivity contribution in [2.24, 2.45) is 5.92 Å². The minimum atomic E-state index is 0.413. The van der Waals surface area contributed by atoms with E-state index in [4.69, 9.17) is 17.0 Å². The molecule has 4 heteroatoms. The van der Waals surface area contributed by atoms with Crippen molar-refractivity contribution in [1.82, 2.24) is 10.2 Å². The quantitative estimate of drug-likeness (QED) is 0.765. The normalized spacial score (nSPS) is 29.0. The van der Waals surface area contributed by atoms with Gasteiger partial charge >= 0.3 is 0 Å². The lowest BCUT2D eigenvalue weighted by atomic mass is 9.90. The molecule has 2 aliphatic rings. The molecule has 2 atom stereocenters. The molecule has 0 aromatic rings. The molecule has 1 N–H and O–H groups in total. The SMILES string of the molecule is CC(C)CNC(=S)N1CCOC2CCCCC21. The molecule has 0 aromatic heterocycles. The zero-order valence-corrected chi connectivity index (χ0v) is 11.8. The number of nitrogens with zero attached hydrogens (tertiary/aromatic N) is 1. The van der Waals surface area contributed by atoms with Gasteiger partial charge in [-0.3, -0.25) is 0 Å². The van der Waals surface area contributed by atoms with Crippen LogP contribution in [0.15, 0.2) is 0 Å². The summed E-state index contributed by atoms with van der Waals surface area (Å²) in [6.07, 6.45) is 5.47. The third-order valence-corrected chi connectivity index (χ3v) is 4.03. The van der Waals surface area contributed by atoms with Crippen LogP contribution in [-0.4, -0.2) is 41.9 Å². The average molecular weight is 256 g/mol. The average Bonchev–Trinajstić information content (AvgIpc) is 2.35. The van der Waals surface area contributed by atoms with E-state index in [1.807, 2.05) is 0 Å². The minimum absolute atomic E-state index is 0.413. The molecule has 17 heavy (non-hydrogen) atoms. The highest BCUT2D eigenvalue weighted by molar-refractivity contribution is 7.80. The number of hydrogen-bond donors (Lipinski definition) is 1. The number of thiocarbonyl (C=S) groups is 1. The van der Waals surface area contributed by atoms with Gasteiger partial charge in [-0.1, -0.05) is 26.7 Å². The summed E-state index contributed by atoms with van der Waals surface area (Å²) in [4.78, 5) is 2.37. The molecule has 1 aliphatic carbocycles. The van der Waals surface area contributed by atoms with Crippen molar-refractivity contribution in [3.8, 4) is 0 Å². The fourth-order valence-electron chi connectivity index (χ4n) is 2.74. The van der Waals surface area contributed by atoms with E-state index in [1.54, 1.807) is 0 Å². The predicted octanol–water partition coefficient (Wildman–Crippen LogP) is 2.16. The number of fused-ring (bicyclic) bond motifs is 1. The molecule has 1 saturated heterocycles. The third kappa shape index (κ3) is 3.32. The van der Waals surface area contributed by atoms with Gasteiger partial charge in [-0.25, -0.2) is 0 Å². The van der Waals surface area contributed by atoms with Crippen LogP contribution in [0.3, 0.4) is 0 Å². The Morgan fingerprint density at radius 3 is 2.94 bits per heavy atom. The molecule has 1 aliphatic heterocycles. The van der Waals surface area contributed by atoms with Crippen LogP contribution < -0.4 is 5.32 Å². The molecule has 1 heterocycles. The van der Waals surface area contributed by atoms with Gasteiger partial charge < -0.3 is 15.0 Å². The summed E-state index contributed by atoms with van der Waals surface area (Å²) in [5, 5.41) is 4.32. The van der Waals surface area contributed by atoms with Crippen molar-refractivity contribution in [2.45, 2.75) is 51.7 Å². The van der Waals surface area contributed by atoms with Gasteiger partial charge in [0.15, 0.2) is 5.11 Å². The Balaban J connectivity index is 1.91. The van der Waals surface area contributed by atoms with Crippen molar-refractivity contribution in [3.05, 3.63) is 0 Å². The third-order valence-electron chi connectivity index (χ3n) is 3.65. The van der Waals surface area contributed by atoms with E-state index in [2.05, 4.69) is 24.1 Å². The lowest BCUT2D eigenvalue weighted by molar-refractivity contribution is -0.0638. The van der Waals surface area contributed by atoms with Crippen molar-refractivity contribution in [1.29, 1.82) is 0 Å². The molecule has 2 rings (SSSR count). The standard InChI is InChI=1S/C13H24N2OS/c1-10(2)9-14-13(17)15-7-8-16-12-6-4-3-5-11(12)15/h10-12H,3-9H2,1-2H3,(H,14,17). The van der Waals surface area contributed by atoms with Gasteiger partial charge in [0.05, 0.1) is 18.8 Å². The van der Waals surface area contributed by atoms with Crippen molar-refractivity contribution in [3.63, 3.8) is 0 Å². The Labute approximate surface area is 110 Å². The fraction of sp³-hybridized carbons (Fsp3) is 0.923. The first-order chi connectivity index (χ1) is 8.18. The second kappa shape index (κ2) is 6.01. The first-order valence-corrected chi connectivity index (χ1v) is 7.25. The van der Waals surface area contributed by atoms with E-state index >= 15 is 0 Å². The highest BCUT2D eigenvalue weighted by Crippen LogP contribution is 2.28. The van der Waals surface area contributed by atoms with Gasteiger partial charge in [-0.2, -0.15) is 0 Å².